The Hall–Kier alpha value is -2.97. The van der Waals surface area contributed by atoms with Gasteiger partial charge in [0.25, 0.3) is 0 Å². The van der Waals surface area contributed by atoms with E-state index in [9.17, 15) is 0 Å². The SMILES string of the molecule is CC.COc1cnc(Nc2ccc(N3CCOCC3)cc2)nc1Sc1ccc(N)cc1.[HH].[HH]. The lowest BCUT2D eigenvalue weighted by atomic mass is 10.2. The molecule has 1 aliphatic heterocycles. The first kappa shape index (κ1) is 22.7. The van der Waals surface area contributed by atoms with Gasteiger partial charge in [0.2, 0.25) is 5.95 Å². The highest BCUT2D eigenvalue weighted by Gasteiger charge is 2.12. The van der Waals surface area contributed by atoms with Gasteiger partial charge in [-0.05, 0) is 48.5 Å². The van der Waals surface area contributed by atoms with Gasteiger partial charge in [-0.1, -0.05) is 25.6 Å². The summed E-state index contributed by atoms with van der Waals surface area (Å²) in [7, 11) is 1.61. The van der Waals surface area contributed by atoms with E-state index in [1.54, 1.807) is 13.3 Å². The molecule has 0 aliphatic carbocycles. The van der Waals surface area contributed by atoms with Gasteiger partial charge in [-0.3, -0.25) is 0 Å². The van der Waals surface area contributed by atoms with Crippen molar-refractivity contribution in [3.8, 4) is 5.75 Å². The van der Waals surface area contributed by atoms with Gasteiger partial charge in [-0.15, -0.1) is 0 Å². The van der Waals surface area contributed by atoms with E-state index in [0.717, 1.165) is 47.6 Å². The third-order valence-corrected chi connectivity index (χ3v) is 5.53. The van der Waals surface area contributed by atoms with Crippen LogP contribution in [0.5, 0.6) is 5.75 Å². The van der Waals surface area contributed by atoms with E-state index >= 15 is 0 Å². The molecular weight excluding hydrogens is 410 g/mol. The van der Waals surface area contributed by atoms with Gasteiger partial charge in [0.05, 0.1) is 26.5 Å². The Bertz CT molecular complexity index is 956. The second-order valence-corrected chi connectivity index (χ2v) is 7.57. The Labute approximate surface area is 191 Å². The minimum Gasteiger partial charge on any atom is -0.492 e. The van der Waals surface area contributed by atoms with Crippen LogP contribution in [0.15, 0.2) is 64.6 Å². The van der Waals surface area contributed by atoms with Crippen LogP contribution in [-0.2, 0) is 4.74 Å². The quantitative estimate of drug-likeness (QED) is 0.391. The molecule has 0 atom stereocenters. The van der Waals surface area contributed by atoms with Crippen molar-refractivity contribution in [2.45, 2.75) is 23.8 Å². The van der Waals surface area contributed by atoms with Crippen LogP contribution in [0, 0.1) is 0 Å². The zero-order chi connectivity index (χ0) is 22.1. The summed E-state index contributed by atoms with van der Waals surface area (Å²) >= 11 is 1.50. The van der Waals surface area contributed by atoms with Gasteiger partial charge < -0.3 is 25.4 Å². The summed E-state index contributed by atoms with van der Waals surface area (Å²) in [5.74, 6) is 1.14. The summed E-state index contributed by atoms with van der Waals surface area (Å²) in [6, 6.07) is 15.9. The molecule has 0 bridgehead atoms. The smallest absolute Gasteiger partial charge is 0.228 e. The maximum atomic E-state index is 5.77. The van der Waals surface area contributed by atoms with E-state index in [2.05, 4.69) is 32.3 Å². The number of aromatic nitrogens is 2. The average Bonchev–Trinajstić information content (AvgIpc) is 2.83. The molecule has 0 radical (unpaired) electrons. The molecule has 8 heteroatoms. The maximum absolute atomic E-state index is 5.77. The Balaban J connectivity index is 0.00000133. The van der Waals surface area contributed by atoms with Crippen molar-refractivity contribution in [2.75, 3.05) is 49.4 Å². The van der Waals surface area contributed by atoms with E-state index < -0.39 is 0 Å². The predicted molar refractivity (Wildman–Crippen MR) is 132 cm³/mol. The third-order valence-electron chi connectivity index (χ3n) is 4.54. The first-order valence-electron chi connectivity index (χ1n) is 10.4. The van der Waals surface area contributed by atoms with Crippen LogP contribution in [0.25, 0.3) is 0 Å². The number of ether oxygens (including phenoxy) is 2. The zero-order valence-electron chi connectivity index (χ0n) is 18.2. The van der Waals surface area contributed by atoms with Crippen LogP contribution in [0.1, 0.15) is 16.7 Å². The molecule has 4 rings (SSSR count). The lowest BCUT2D eigenvalue weighted by molar-refractivity contribution is 0.122. The number of hydrogen-bond donors (Lipinski definition) is 2. The number of benzene rings is 2. The number of nitrogens with one attached hydrogen (secondary N) is 1. The number of nitrogens with two attached hydrogens (primary N) is 1. The topological polar surface area (TPSA) is 85.5 Å². The van der Waals surface area contributed by atoms with Gasteiger partial charge in [0.15, 0.2) is 5.75 Å². The molecule has 1 aromatic heterocycles. The van der Waals surface area contributed by atoms with Crippen molar-refractivity contribution in [1.82, 2.24) is 9.97 Å². The van der Waals surface area contributed by atoms with Gasteiger partial charge in [-0.25, -0.2) is 9.97 Å². The Morgan fingerprint density at radius 3 is 2.39 bits per heavy atom. The van der Waals surface area contributed by atoms with E-state index in [4.69, 9.17) is 15.2 Å². The van der Waals surface area contributed by atoms with E-state index in [1.165, 1.54) is 17.4 Å². The number of nitrogen functional groups attached to an aromatic ring is 1. The molecule has 168 valence electrons. The number of nitrogens with zero attached hydrogens (tertiary/aromatic N) is 3. The van der Waals surface area contributed by atoms with Crippen molar-refractivity contribution < 1.29 is 12.3 Å². The number of rotatable bonds is 6. The van der Waals surface area contributed by atoms with Crippen molar-refractivity contribution in [1.29, 1.82) is 0 Å². The van der Waals surface area contributed by atoms with Gasteiger partial charge in [0.1, 0.15) is 5.03 Å². The molecule has 2 heterocycles. The monoisotopic (exact) mass is 443 g/mol. The van der Waals surface area contributed by atoms with Crippen molar-refractivity contribution in [3.05, 3.63) is 54.7 Å². The lowest BCUT2D eigenvalue weighted by Gasteiger charge is -2.28. The molecule has 2 aromatic carbocycles. The van der Waals surface area contributed by atoms with Gasteiger partial charge in [0, 0.05) is 37.9 Å². The number of anilines is 4. The highest BCUT2D eigenvalue weighted by Crippen LogP contribution is 2.34. The van der Waals surface area contributed by atoms with Crippen molar-refractivity contribution in [3.63, 3.8) is 0 Å². The molecule has 0 saturated carbocycles. The standard InChI is InChI=1S/C21H23N5O2S.C2H6.2H2/c1-27-19-14-23-21(25-20(19)29-18-8-2-15(22)3-9-18)24-16-4-6-17(7-5-16)26-10-12-28-13-11-26;1-2;;/h2-9,14H,10-13,22H2,1H3,(H,23,24,25);1-2H3;2*1H. The minimum atomic E-state index is 0. The highest BCUT2D eigenvalue weighted by molar-refractivity contribution is 7.99. The molecule has 7 nitrogen and oxygen atoms in total. The van der Waals surface area contributed by atoms with Crippen LogP contribution in [0.2, 0.25) is 0 Å². The first-order valence-corrected chi connectivity index (χ1v) is 11.2. The molecule has 3 aromatic rings. The zero-order valence-corrected chi connectivity index (χ0v) is 19.0. The normalized spacial score (nSPS) is 13.2. The summed E-state index contributed by atoms with van der Waals surface area (Å²) < 4.78 is 10.8. The maximum Gasteiger partial charge on any atom is 0.228 e. The van der Waals surface area contributed by atoms with E-state index in [1.807, 2.05) is 50.2 Å². The summed E-state index contributed by atoms with van der Waals surface area (Å²) in [6.07, 6.45) is 1.68. The first-order chi connectivity index (χ1) is 15.2. The van der Waals surface area contributed by atoms with Crippen LogP contribution < -0.4 is 20.7 Å². The van der Waals surface area contributed by atoms with Crippen LogP contribution in [-0.4, -0.2) is 43.4 Å². The molecule has 0 amide bonds. The molecular formula is C23H33N5O2S. The molecule has 1 aliphatic rings. The van der Waals surface area contributed by atoms with E-state index in [0.29, 0.717) is 11.7 Å². The molecule has 1 fully saturated rings. The predicted octanol–water partition coefficient (Wildman–Crippen LogP) is 5.32. The summed E-state index contributed by atoms with van der Waals surface area (Å²) in [5, 5.41) is 4.00. The Kier molecular flexibility index (Phi) is 8.37. The number of hydrogen-bond acceptors (Lipinski definition) is 8. The lowest BCUT2D eigenvalue weighted by Crippen LogP contribution is -2.36. The Morgan fingerprint density at radius 2 is 1.74 bits per heavy atom. The fourth-order valence-corrected chi connectivity index (χ4v) is 3.85. The summed E-state index contributed by atoms with van der Waals surface area (Å²) in [5.41, 5.74) is 8.61. The number of morpholine rings is 1. The van der Waals surface area contributed by atoms with Crippen LogP contribution in [0.4, 0.5) is 23.0 Å². The summed E-state index contributed by atoms with van der Waals surface area (Å²) in [4.78, 5) is 12.3. The Morgan fingerprint density at radius 1 is 1.06 bits per heavy atom. The van der Waals surface area contributed by atoms with Gasteiger partial charge >= 0.3 is 0 Å². The second kappa shape index (κ2) is 11.4. The molecule has 1 saturated heterocycles. The largest absolute Gasteiger partial charge is 0.492 e. The fourth-order valence-electron chi connectivity index (χ4n) is 2.98. The summed E-state index contributed by atoms with van der Waals surface area (Å²) in [6.45, 7) is 7.38. The van der Waals surface area contributed by atoms with Gasteiger partial charge in [-0.2, -0.15) is 0 Å². The van der Waals surface area contributed by atoms with E-state index in [-0.39, 0.29) is 2.85 Å². The fraction of sp³-hybridized carbons (Fsp3) is 0.304. The molecule has 3 N–H and O–H groups in total. The van der Waals surface area contributed by atoms with Crippen molar-refractivity contribution >= 4 is 34.8 Å². The highest BCUT2D eigenvalue weighted by atomic mass is 32.2. The number of methoxy groups -OCH3 is 1. The average molecular weight is 444 g/mol. The van der Waals surface area contributed by atoms with Crippen LogP contribution >= 0.6 is 11.8 Å². The third kappa shape index (κ3) is 6.26. The molecule has 0 spiro atoms. The minimum absolute atomic E-state index is 0. The molecule has 0 unspecified atom stereocenters. The van der Waals surface area contributed by atoms with Crippen LogP contribution in [0.3, 0.4) is 0 Å². The second-order valence-electron chi connectivity index (χ2n) is 6.51. The van der Waals surface area contributed by atoms with Crippen molar-refractivity contribution in [2.24, 2.45) is 0 Å². The molecule has 31 heavy (non-hydrogen) atoms.